The number of fused-ring (bicyclic) bond motifs is 2. The molecular weight excluding hydrogens is 272 g/mol. The average Bonchev–Trinajstić information content (AvgIpc) is 2.63. The van der Waals surface area contributed by atoms with Gasteiger partial charge in [0.1, 0.15) is 0 Å². The molecule has 3 rings (SSSR count). The summed E-state index contributed by atoms with van der Waals surface area (Å²) in [5, 5.41) is 0. The Labute approximate surface area is 139 Å². The first-order valence-corrected chi connectivity index (χ1v) is 9.92. The minimum absolute atomic E-state index is 0.520. The summed E-state index contributed by atoms with van der Waals surface area (Å²) < 4.78 is 11.9. The third kappa shape index (κ3) is 4.06. The zero-order chi connectivity index (χ0) is 16.5. The molecule has 0 amide bonds. The molecule has 4 atom stereocenters. The van der Waals surface area contributed by atoms with Gasteiger partial charge >= 0.3 is 0 Å². The van der Waals surface area contributed by atoms with E-state index in [-0.39, 0.29) is 0 Å². The lowest BCUT2D eigenvalue weighted by atomic mass is 9.57. The van der Waals surface area contributed by atoms with E-state index in [1.807, 2.05) is 41.9 Å². The number of ether oxygens (including phenoxy) is 2. The predicted molar refractivity (Wildman–Crippen MR) is 95.2 cm³/mol. The molecule has 3 aliphatic rings. The largest absolute Gasteiger partial charge is 0.381 e. The molecule has 0 bridgehead atoms. The van der Waals surface area contributed by atoms with Crippen LogP contribution >= 0.6 is 0 Å². The molecule has 0 aromatic rings. The summed E-state index contributed by atoms with van der Waals surface area (Å²) in [6.45, 7) is 8.00. The van der Waals surface area contributed by atoms with Crippen LogP contribution in [0.4, 0.5) is 0 Å². The highest BCUT2D eigenvalue weighted by Gasteiger charge is 2.51. The first-order valence-electron chi connectivity index (χ1n) is 9.92. The second-order valence-electron chi connectivity index (χ2n) is 6.62. The van der Waals surface area contributed by atoms with Gasteiger partial charge in [0.2, 0.25) is 0 Å². The van der Waals surface area contributed by atoms with E-state index in [0.29, 0.717) is 12.2 Å². The van der Waals surface area contributed by atoms with Crippen molar-refractivity contribution in [1.82, 2.24) is 0 Å². The quantitative estimate of drug-likeness (QED) is 0.651. The Kier molecular flexibility index (Phi) is 9.66. The Morgan fingerprint density at radius 2 is 0.727 bits per heavy atom. The van der Waals surface area contributed by atoms with Gasteiger partial charge in [-0.2, -0.15) is 0 Å². The number of methoxy groups -OCH3 is 2. The van der Waals surface area contributed by atoms with E-state index in [9.17, 15) is 0 Å². The van der Waals surface area contributed by atoms with E-state index in [1.165, 1.54) is 51.4 Å². The lowest BCUT2D eigenvalue weighted by Crippen LogP contribution is -2.55. The van der Waals surface area contributed by atoms with Gasteiger partial charge < -0.3 is 9.47 Å². The number of hydrogen-bond acceptors (Lipinski definition) is 2. The van der Waals surface area contributed by atoms with Gasteiger partial charge in [-0.25, -0.2) is 0 Å². The van der Waals surface area contributed by atoms with E-state index in [4.69, 9.17) is 9.47 Å². The van der Waals surface area contributed by atoms with Crippen LogP contribution in [0.2, 0.25) is 0 Å². The van der Waals surface area contributed by atoms with Crippen LogP contribution in [0.5, 0.6) is 0 Å². The second-order valence-corrected chi connectivity index (χ2v) is 6.62. The maximum absolute atomic E-state index is 5.97. The molecule has 0 radical (unpaired) electrons. The summed E-state index contributed by atoms with van der Waals surface area (Å²) >= 11 is 0. The highest BCUT2D eigenvalue weighted by atomic mass is 16.5. The summed E-state index contributed by atoms with van der Waals surface area (Å²) in [4.78, 5) is 0. The molecule has 22 heavy (non-hydrogen) atoms. The van der Waals surface area contributed by atoms with Crippen molar-refractivity contribution in [2.45, 2.75) is 91.3 Å². The maximum Gasteiger partial charge on any atom is 0.0634 e. The van der Waals surface area contributed by atoms with Crippen molar-refractivity contribution in [3.05, 3.63) is 0 Å². The third-order valence-corrected chi connectivity index (χ3v) is 5.98. The fraction of sp³-hybridized carbons (Fsp3) is 1.00. The molecule has 0 aromatic heterocycles. The predicted octanol–water partition coefficient (Wildman–Crippen LogP) is 5.70. The van der Waals surface area contributed by atoms with Crippen LogP contribution in [0, 0.1) is 23.7 Å². The van der Waals surface area contributed by atoms with Crippen molar-refractivity contribution in [3.8, 4) is 0 Å². The number of hydrogen-bond donors (Lipinski definition) is 0. The van der Waals surface area contributed by atoms with Gasteiger partial charge in [0.25, 0.3) is 0 Å². The van der Waals surface area contributed by atoms with Crippen LogP contribution < -0.4 is 0 Å². The molecule has 4 unspecified atom stereocenters. The summed E-state index contributed by atoms with van der Waals surface area (Å²) in [6, 6.07) is 0. The molecule has 0 heterocycles. The molecule has 0 saturated heterocycles. The molecular formula is C20H40O2. The van der Waals surface area contributed by atoms with E-state index < -0.39 is 0 Å². The first kappa shape index (κ1) is 20.0. The Morgan fingerprint density at radius 3 is 0.909 bits per heavy atom. The monoisotopic (exact) mass is 312 g/mol. The summed E-state index contributed by atoms with van der Waals surface area (Å²) in [5.41, 5.74) is 0. The Bertz CT molecular complexity index is 213. The van der Waals surface area contributed by atoms with Crippen molar-refractivity contribution in [2.75, 3.05) is 14.2 Å². The minimum Gasteiger partial charge on any atom is -0.381 e. The molecule has 0 aliphatic heterocycles. The summed E-state index contributed by atoms with van der Waals surface area (Å²) in [7, 11) is 3.88. The van der Waals surface area contributed by atoms with Gasteiger partial charge in [0.05, 0.1) is 12.2 Å². The van der Waals surface area contributed by atoms with Gasteiger partial charge in [-0.3, -0.25) is 0 Å². The Morgan fingerprint density at radius 1 is 0.500 bits per heavy atom. The van der Waals surface area contributed by atoms with E-state index >= 15 is 0 Å². The maximum atomic E-state index is 5.97. The zero-order valence-corrected chi connectivity index (χ0v) is 15.9. The lowest BCUT2D eigenvalue weighted by molar-refractivity contribution is -0.164. The Balaban J connectivity index is 0.000000561. The third-order valence-electron chi connectivity index (χ3n) is 5.98. The molecule has 2 heteroatoms. The fourth-order valence-electron chi connectivity index (χ4n) is 5.34. The van der Waals surface area contributed by atoms with Crippen LogP contribution in [0.1, 0.15) is 79.1 Å². The first-order chi connectivity index (χ1) is 10.9. The summed E-state index contributed by atoms with van der Waals surface area (Å²) in [5.74, 6) is 3.09. The summed E-state index contributed by atoms with van der Waals surface area (Å²) in [6.07, 6.45) is 12.1. The zero-order valence-electron chi connectivity index (χ0n) is 15.9. The minimum atomic E-state index is 0.520. The highest BCUT2D eigenvalue weighted by molar-refractivity contribution is 5.01. The normalized spacial score (nSPS) is 40.1. The smallest absolute Gasteiger partial charge is 0.0634 e. The van der Waals surface area contributed by atoms with Crippen LogP contribution in [0.3, 0.4) is 0 Å². The van der Waals surface area contributed by atoms with Crippen LogP contribution in [-0.4, -0.2) is 26.4 Å². The van der Waals surface area contributed by atoms with Crippen LogP contribution in [-0.2, 0) is 9.47 Å². The van der Waals surface area contributed by atoms with Crippen molar-refractivity contribution < 1.29 is 9.47 Å². The van der Waals surface area contributed by atoms with Crippen molar-refractivity contribution in [3.63, 3.8) is 0 Å². The van der Waals surface area contributed by atoms with Gasteiger partial charge in [-0.05, 0) is 49.4 Å². The topological polar surface area (TPSA) is 18.5 Å². The number of rotatable bonds is 2. The highest BCUT2D eigenvalue weighted by Crippen LogP contribution is 2.51. The van der Waals surface area contributed by atoms with E-state index in [1.54, 1.807) is 0 Å². The van der Waals surface area contributed by atoms with Crippen molar-refractivity contribution in [2.24, 2.45) is 23.7 Å². The van der Waals surface area contributed by atoms with Crippen molar-refractivity contribution >= 4 is 0 Å². The molecule has 0 spiro atoms. The average molecular weight is 313 g/mol. The van der Waals surface area contributed by atoms with Crippen molar-refractivity contribution in [1.29, 1.82) is 0 Å². The molecule has 132 valence electrons. The molecule has 0 N–H and O–H groups in total. The fourth-order valence-corrected chi connectivity index (χ4v) is 5.34. The van der Waals surface area contributed by atoms with Gasteiger partial charge in [0.15, 0.2) is 0 Å². The van der Waals surface area contributed by atoms with E-state index in [2.05, 4.69) is 0 Å². The van der Waals surface area contributed by atoms with Crippen LogP contribution in [0.25, 0.3) is 0 Å². The Hall–Kier alpha value is -0.0800. The second kappa shape index (κ2) is 10.6. The van der Waals surface area contributed by atoms with Gasteiger partial charge in [-0.1, -0.05) is 53.4 Å². The molecule has 2 nitrogen and oxygen atoms in total. The molecule has 3 saturated carbocycles. The van der Waals surface area contributed by atoms with E-state index in [0.717, 1.165) is 23.7 Å². The molecule has 0 aromatic carbocycles. The van der Waals surface area contributed by atoms with Crippen LogP contribution in [0.15, 0.2) is 0 Å². The SMILES string of the molecule is CC.CC.COC1C2CCCCC2C(OC)C2CCCCC21. The lowest BCUT2D eigenvalue weighted by Gasteiger charge is -2.54. The van der Waals surface area contributed by atoms with Gasteiger partial charge in [-0.15, -0.1) is 0 Å². The molecule has 3 fully saturated rings. The standard InChI is InChI=1S/C16H28O2.2C2H6/c1-17-15-11-7-3-5-9-13(11)16(18-2)14-10-6-4-8-12(14)15;2*1-2/h11-16H,3-10H2,1-2H3;2*1-2H3. The molecule has 3 aliphatic carbocycles. The van der Waals surface area contributed by atoms with Gasteiger partial charge in [0, 0.05) is 14.2 Å².